The Morgan fingerprint density at radius 2 is 1.05 bits per heavy atom. The van der Waals surface area contributed by atoms with Crippen LogP contribution in [0.5, 0.6) is 0 Å². The standard InChI is InChI=1S/C27H28O8S2/c1-7-32-26(30)20-12(3)24-22(34-20)18(14(5)36-24)16(28)10-9-11-17(29)19-15(6)37-25-13(4)21(35-23(19)25)27(31)33-8-2/h7-11H2,1-6H3. The van der Waals surface area contributed by atoms with Gasteiger partial charge in [0.2, 0.25) is 11.5 Å². The second kappa shape index (κ2) is 10.6. The fourth-order valence-corrected chi connectivity index (χ4v) is 6.58. The summed E-state index contributed by atoms with van der Waals surface area (Å²) in [7, 11) is 0. The fraction of sp³-hybridized carbons (Fsp3) is 0.407. The lowest BCUT2D eigenvalue weighted by Gasteiger charge is -2.03. The highest BCUT2D eigenvalue weighted by Crippen LogP contribution is 2.39. The first-order valence-electron chi connectivity index (χ1n) is 12.1. The molecule has 0 amide bonds. The van der Waals surface area contributed by atoms with Gasteiger partial charge in [0.05, 0.1) is 33.7 Å². The summed E-state index contributed by atoms with van der Waals surface area (Å²) >= 11 is 2.80. The van der Waals surface area contributed by atoms with Crippen LogP contribution in [0.3, 0.4) is 0 Å². The molecule has 0 radical (unpaired) electrons. The van der Waals surface area contributed by atoms with Crippen molar-refractivity contribution in [2.24, 2.45) is 0 Å². The molecule has 0 bridgehead atoms. The number of fused-ring (bicyclic) bond motifs is 2. The second-order valence-electron chi connectivity index (χ2n) is 8.64. The van der Waals surface area contributed by atoms with Crippen LogP contribution in [-0.2, 0) is 9.47 Å². The molecule has 4 rings (SSSR count). The molecule has 0 saturated carbocycles. The van der Waals surface area contributed by atoms with Crippen LogP contribution in [-0.4, -0.2) is 36.7 Å². The molecule has 4 aromatic rings. The maximum Gasteiger partial charge on any atom is 0.374 e. The maximum absolute atomic E-state index is 13.1. The van der Waals surface area contributed by atoms with Crippen LogP contribution in [0.25, 0.3) is 20.6 Å². The molecule has 0 aliphatic rings. The van der Waals surface area contributed by atoms with Gasteiger partial charge in [-0.1, -0.05) is 0 Å². The Balaban J connectivity index is 1.50. The lowest BCUT2D eigenvalue weighted by Crippen LogP contribution is -2.05. The van der Waals surface area contributed by atoms with Crippen LogP contribution in [0.15, 0.2) is 8.83 Å². The first-order valence-corrected chi connectivity index (χ1v) is 13.7. The number of furan rings is 2. The topological polar surface area (TPSA) is 113 Å². The summed E-state index contributed by atoms with van der Waals surface area (Å²) in [6.07, 6.45) is 0.620. The molecule has 0 aliphatic carbocycles. The lowest BCUT2D eigenvalue weighted by atomic mass is 10.0. The van der Waals surface area contributed by atoms with E-state index in [1.54, 1.807) is 27.7 Å². The molecule has 8 nitrogen and oxygen atoms in total. The minimum atomic E-state index is -0.554. The Labute approximate surface area is 221 Å². The van der Waals surface area contributed by atoms with E-state index in [2.05, 4.69) is 0 Å². The van der Waals surface area contributed by atoms with E-state index in [-0.39, 0.29) is 49.1 Å². The summed E-state index contributed by atoms with van der Waals surface area (Å²) in [5, 5.41) is 0. The molecule has 10 heteroatoms. The highest BCUT2D eigenvalue weighted by Gasteiger charge is 2.28. The van der Waals surface area contributed by atoms with Gasteiger partial charge in [-0.15, -0.1) is 22.7 Å². The number of ether oxygens (including phenoxy) is 2. The fourth-order valence-electron chi connectivity index (χ4n) is 4.39. The summed E-state index contributed by atoms with van der Waals surface area (Å²) in [5.41, 5.74) is 2.99. The van der Waals surface area contributed by atoms with Crippen molar-refractivity contribution in [1.29, 1.82) is 0 Å². The summed E-state index contributed by atoms with van der Waals surface area (Å²) in [5.74, 6) is -1.18. The van der Waals surface area contributed by atoms with E-state index in [0.717, 1.165) is 19.2 Å². The third kappa shape index (κ3) is 4.75. The molecule has 0 saturated heterocycles. The summed E-state index contributed by atoms with van der Waals surface area (Å²) < 4.78 is 23.2. The van der Waals surface area contributed by atoms with E-state index in [1.165, 1.54) is 22.7 Å². The number of hydrogen-bond acceptors (Lipinski definition) is 10. The number of Topliss-reactive ketones (excluding diaryl/α,β-unsaturated/α-hetero) is 2. The predicted molar refractivity (Wildman–Crippen MR) is 142 cm³/mol. The minimum Gasteiger partial charge on any atom is -0.460 e. The summed E-state index contributed by atoms with van der Waals surface area (Å²) in [6.45, 7) is 11.1. The monoisotopic (exact) mass is 544 g/mol. The quantitative estimate of drug-likeness (QED) is 0.153. The van der Waals surface area contributed by atoms with Crippen LogP contribution in [0.4, 0.5) is 0 Å². The van der Waals surface area contributed by atoms with Crippen molar-refractivity contribution in [1.82, 2.24) is 0 Å². The highest BCUT2D eigenvalue weighted by molar-refractivity contribution is 7.20. The lowest BCUT2D eigenvalue weighted by molar-refractivity contribution is 0.0482. The molecule has 196 valence electrons. The molecule has 37 heavy (non-hydrogen) atoms. The van der Waals surface area contributed by atoms with Gasteiger partial charge in [-0.05, 0) is 48.0 Å². The number of ketones is 2. The van der Waals surface area contributed by atoms with Crippen LogP contribution < -0.4 is 0 Å². The van der Waals surface area contributed by atoms with Crippen molar-refractivity contribution >= 4 is 66.7 Å². The zero-order valence-electron chi connectivity index (χ0n) is 21.6. The van der Waals surface area contributed by atoms with Gasteiger partial charge in [0.1, 0.15) is 0 Å². The van der Waals surface area contributed by atoms with Crippen LogP contribution in [0, 0.1) is 27.7 Å². The molecule has 0 unspecified atom stereocenters. The molecule has 0 N–H and O–H groups in total. The van der Waals surface area contributed by atoms with E-state index in [0.29, 0.717) is 39.8 Å². The van der Waals surface area contributed by atoms with Crippen LogP contribution in [0.2, 0.25) is 0 Å². The smallest absolute Gasteiger partial charge is 0.374 e. The molecule has 0 aromatic carbocycles. The van der Waals surface area contributed by atoms with Crippen molar-refractivity contribution < 1.29 is 37.5 Å². The van der Waals surface area contributed by atoms with Crippen molar-refractivity contribution in [3.05, 3.63) is 43.5 Å². The zero-order valence-corrected chi connectivity index (χ0v) is 23.3. The van der Waals surface area contributed by atoms with Crippen molar-refractivity contribution in [3.63, 3.8) is 0 Å². The highest BCUT2D eigenvalue weighted by atomic mass is 32.1. The predicted octanol–water partition coefficient (Wildman–Crippen LogP) is 7.12. The zero-order chi connectivity index (χ0) is 27.0. The van der Waals surface area contributed by atoms with Crippen molar-refractivity contribution in [2.75, 3.05) is 13.2 Å². The van der Waals surface area contributed by atoms with Gasteiger partial charge in [-0.2, -0.15) is 0 Å². The number of rotatable bonds is 10. The number of carbonyl (C=O) groups is 4. The van der Waals surface area contributed by atoms with Gasteiger partial charge in [-0.25, -0.2) is 9.59 Å². The molecule has 0 fully saturated rings. The van der Waals surface area contributed by atoms with E-state index in [9.17, 15) is 19.2 Å². The third-order valence-electron chi connectivity index (χ3n) is 6.14. The van der Waals surface area contributed by atoms with E-state index >= 15 is 0 Å². The number of esters is 2. The van der Waals surface area contributed by atoms with Gasteiger partial charge in [0, 0.05) is 33.7 Å². The Morgan fingerprint density at radius 3 is 1.41 bits per heavy atom. The number of aryl methyl sites for hydroxylation is 4. The normalized spacial score (nSPS) is 11.4. The Hall–Kier alpha value is -3.24. The van der Waals surface area contributed by atoms with E-state index in [1.807, 2.05) is 13.8 Å². The molecule has 0 spiro atoms. The number of thiophene rings is 2. The maximum atomic E-state index is 13.1. The summed E-state index contributed by atoms with van der Waals surface area (Å²) in [4.78, 5) is 52.3. The van der Waals surface area contributed by atoms with Crippen LogP contribution >= 0.6 is 22.7 Å². The first-order chi connectivity index (χ1) is 17.6. The van der Waals surface area contributed by atoms with Gasteiger partial charge >= 0.3 is 11.9 Å². The second-order valence-corrected chi connectivity index (χ2v) is 11.1. The largest absolute Gasteiger partial charge is 0.460 e. The van der Waals surface area contributed by atoms with Crippen molar-refractivity contribution in [2.45, 2.75) is 60.8 Å². The average molecular weight is 545 g/mol. The molecule has 0 aliphatic heterocycles. The molecular formula is C27H28O8S2. The number of hydrogen-bond donors (Lipinski definition) is 0. The van der Waals surface area contributed by atoms with Gasteiger partial charge in [-0.3, -0.25) is 9.59 Å². The molecule has 0 atom stereocenters. The molecule has 4 heterocycles. The van der Waals surface area contributed by atoms with Gasteiger partial charge in [0.15, 0.2) is 22.7 Å². The summed E-state index contributed by atoms with van der Waals surface area (Å²) in [6, 6.07) is 0. The average Bonchev–Trinajstić information content (AvgIpc) is 3.53. The minimum absolute atomic E-state index is 0.111. The first kappa shape index (κ1) is 26.8. The van der Waals surface area contributed by atoms with Crippen LogP contribution in [0.1, 0.15) is 95.8 Å². The van der Waals surface area contributed by atoms with E-state index in [4.69, 9.17) is 18.3 Å². The molecular weight excluding hydrogens is 516 g/mol. The Morgan fingerprint density at radius 1 is 0.676 bits per heavy atom. The van der Waals surface area contributed by atoms with Crippen molar-refractivity contribution in [3.8, 4) is 0 Å². The van der Waals surface area contributed by atoms with Gasteiger partial charge < -0.3 is 18.3 Å². The Bertz CT molecular complexity index is 1430. The SMILES string of the molecule is CCOC(=O)c1oc2c(C(=O)CCCC(=O)c3c(C)sc4c(C)c(C(=O)OCC)oc34)c(C)sc2c1C. The Kier molecular flexibility index (Phi) is 7.70. The van der Waals surface area contributed by atoms with Gasteiger partial charge in [0.25, 0.3) is 0 Å². The van der Waals surface area contributed by atoms with E-state index < -0.39 is 11.9 Å². The molecule has 4 aromatic heterocycles. The number of carbonyl (C=O) groups excluding carboxylic acids is 4. The third-order valence-corrected chi connectivity index (χ3v) is 8.55.